The SMILES string of the molecule is O=C(NCc1ccc2c(c1)OCO2)NCc1c2c(cc3c1OCC3)OCC2. The molecule has 3 heterocycles. The van der Waals surface area contributed by atoms with E-state index in [1.807, 2.05) is 18.2 Å². The number of rotatable bonds is 4. The van der Waals surface area contributed by atoms with Gasteiger partial charge >= 0.3 is 6.03 Å². The molecule has 140 valence electrons. The Morgan fingerprint density at radius 1 is 0.889 bits per heavy atom. The van der Waals surface area contributed by atoms with Gasteiger partial charge in [0.1, 0.15) is 11.5 Å². The highest BCUT2D eigenvalue weighted by Crippen LogP contribution is 2.40. The quantitative estimate of drug-likeness (QED) is 0.866. The number of benzene rings is 2. The minimum Gasteiger partial charge on any atom is -0.493 e. The lowest BCUT2D eigenvalue weighted by molar-refractivity contribution is 0.174. The zero-order valence-electron chi connectivity index (χ0n) is 14.8. The molecule has 0 unspecified atom stereocenters. The Bertz CT molecular complexity index is 879. The van der Waals surface area contributed by atoms with E-state index in [1.165, 1.54) is 0 Å². The van der Waals surface area contributed by atoms with Gasteiger partial charge in [0.2, 0.25) is 6.79 Å². The molecule has 0 aromatic heterocycles. The lowest BCUT2D eigenvalue weighted by Gasteiger charge is -2.14. The molecular formula is C20H20N2O5. The summed E-state index contributed by atoms with van der Waals surface area (Å²) in [6.07, 6.45) is 1.73. The number of carbonyl (C=O) groups is 1. The number of carbonyl (C=O) groups excluding carboxylic acids is 1. The van der Waals surface area contributed by atoms with E-state index in [1.54, 1.807) is 0 Å². The summed E-state index contributed by atoms with van der Waals surface area (Å²) >= 11 is 0. The van der Waals surface area contributed by atoms with Gasteiger partial charge in [0.15, 0.2) is 11.5 Å². The van der Waals surface area contributed by atoms with Gasteiger partial charge < -0.3 is 29.6 Å². The maximum Gasteiger partial charge on any atom is 0.315 e. The minimum absolute atomic E-state index is 0.226. The molecule has 0 bridgehead atoms. The second-order valence-electron chi connectivity index (χ2n) is 6.74. The molecule has 0 fully saturated rings. The van der Waals surface area contributed by atoms with Gasteiger partial charge in [-0.25, -0.2) is 4.79 Å². The summed E-state index contributed by atoms with van der Waals surface area (Å²) in [4.78, 5) is 12.3. The number of hydrogen-bond acceptors (Lipinski definition) is 5. The van der Waals surface area contributed by atoms with Crippen molar-refractivity contribution in [3.8, 4) is 23.0 Å². The van der Waals surface area contributed by atoms with Crippen LogP contribution in [0.4, 0.5) is 4.79 Å². The van der Waals surface area contributed by atoms with Crippen LogP contribution in [0, 0.1) is 0 Å². The summed E-state index contributed by atoms with van der Waals surface area (Å²) in [6, 6.07) is 7.50. The second kappa shape index (κ2) is 6.57. The van der Waals surface area contributed by atoms with E-state index in [0.717, 1.165) is 52.3 Å². The van der Waals surface area contributed by atoms with Crippen molar-refractivity contribution in [2.75, 3.05) is 20.0 Å². The summed E-state index contributed by atoms with van der Waals surface area (Å²) in [5.74, 6) is 3.28. The van der Waals surface area contributed by atoms with Crippen LogP contribution in [-0.2, 0) is 25.9 Å². The topological polar surface area (TPSA) is 78.1 Å². The Hall–Kier alpha value is -3.09. The molecular weight excluding hydrogens is 348 g/mol. The number of nitrogens with one attached hydrogen (secondary N) is 2. The van der Waals surface area contributed by atoms with E-state index in [-0.39, 0.29) is 12.8 Å². The van der Waals surface area contributed by atoms with Gasteiger partial charge in [0, 0.05) is 42.6 Å². The number of hydrogen-bond donors (Lipinski definition) is 2. The van der Waals surface area contributed by atoms with Crippen molar-refractivity contribution in [3.63, 3.8) is 0 Å². The van der Waals surface area contributed by atoms with Crippen LogP contribution in [0.25, 0.3) is 0 Å². The zero-order chi connectivity index (χ0) is 18.2. The molecule has 0 saturated carbocycles. The van der Waals surface area contributed by atoms with Crippen LogP contribution in [0.1, 0.15) is 22.3 Å². The van der Waals surface area contributed by atoms with E-state index < -0.39 is 0 Å². The third kappa shape index (κ3) is 2.99. The van der Waals surface area contributed by atoms with E-state index >= 15 is 0 Å². The van der Waals surface area contributed by atoms with Gasteiger partial charge in [0.05, 0.1) is 13.2 Å². The predicted octanol–water partition coefficient (Wildman–Crippen LogP) is 2.28. The highest BCUT2D eigenvalue weighted by Gasteiger charge is 2.26. The Morgan fingerprint density at radius 2 is 1.74 bits per heavy atom. The number of amides is 2. The molecule has 0 radical (unpaired) electrons. The van der Waals surface area contributed by atoms with Crippen molar-refractivity contribution in [2.45, 2.75) is 25.9 Å². The number of urea groups is 1. The number of fused-ring (bicyclic) bond motifs is 3. The maximum atomic E-state index is 12.3. The Morgan fingerprint density at radius 3 is 2.70 bits per heavy atom. The fourth-order valence-corrected chi connectivity index (χ4v) is 3.74. The Balaban J connectivity index is 1.23. The average molecular weight is 368 g/mol. The van der Waals surface area contributed by atoms with Crippen molar-refractivity contribution in [1.82, 2.24) is 10.6 Å². The molecule has 3 aliphatic rings. The second-order valence-corrected chi connectivity index (χ2v) is 6.74. The fourth-order valence-electron chi connectivity index (χ4n) is 3.74. The highest BCUT2D eigenvalue weighted by molar-refractivity contribution is 5.74. The Kier molecular flexibility index (Phi) is 3.92. The van der Waals surface area contributed by atoms with Crippen molar-refractivity contribution in [2.24, 2.45) is 0 Å². The van der Waals surface area contributed by atoms with Crippen molar-refractivity contribution >= 4 is 6.03 Å². The van der Waals surface area contributed by atoms with Gasteiger partial charge in [-0.2, -0.15) is 0 Å². The maximum absolute atomic E-state index is 12.3. The van der Waals surface area contributed by atoms with Crippen LogP contribution in [-0.4, -0.2) is 26.0 Å². The van der Waals surface area contributed by atoms with Crippen LogP contribution in [0.15, 0.2) is 24.3 Å². The molecule has 7 nitrogen and oxygen atoms in total. The first-order valence-corrected chi connectivity index (χ1v) is 9.11. The normalized spacial score (nSPS) is 15.6. The molecule has 0 saturated heterocycles. The summed E-state index contributed by atoms with van der Waals surface area (Å²) in [6.45, 7) is 2.43. The molecule has 0 atom stereocenters. The van der Waals surface area contributed by atoms with Gasteiger partial charge in [-0.3, -0.25) is 0 Å². The fraction of sp³-hybridized carbons (Fsp3) is 0.350. The van der Waals surface area contributed by atoms with E-state index in [4.69, 9.17) is 18.9 Å². The predicted molar refractivity (Wildman–Crippen MR) is 96.5 cm³/mol. The molecule has 3 aliphatic heterocycles. The molecule has 0 spiro atoms. The van der Waals surface area contributed by atoms with Crippen molar-refractivity contribution in [1.29, 1.82) is 0 Å². The molecule has 2 N–H and O–H groups in total. The third-order valence-corrected chi connectivity index (χ3v) is 5.08. The zero-order valence-corrected chi connectivity index (χ0v) is 14.8. The van der Waals surface area contributed by atoms with Crippen molar-refractivity contribution < 1.29 is 23.7 Å². The minimum atomic E-state index is -0.226. The summed E-state index contributed by atoms with van der Waals surface area (Å²) < 4.78 is 22.2. The van der Waals surface area contributed by atoms with Gasteiger partial charge in [-0.1, -0.05) is 6.07 Å². The number of ether oxygens (including phenoxy) is 4. The van der Waals surface area contributed by atoms with E-state index in [0.29, 0.717) is 32.1 Å². The van der Waals surface area contributed by atoms with Crippen molar-refractivity contribution in [3.05, 3.63) is 46.5 Å². The summed E-state index contributed by atoms with van der Waals surface area (Å²) in [7, 11) is 0. The molecule has 2 aromatic rings. The lowest BCUT2D eigenvalue weighted by atomic mass is 9.99. The molecule has 27 heavy (non-hydrogen) atoms. The van der Waals surface area contributed by atoms with E-state index in [9.17, 15) is 4.79 Å². The van der Waals surface area contributed by atoms with Crippen LogP contribution >= 0.6 is 0 Å². The van der Waals surface area contributed by atoms with Gasteiger partial charge in [-0.15, -0.1) is 0 Å². The first-order chi connectivity index (χ1) is 13.3. The standard InChI is InChI=1S/C20H20N2O5/c23-20(21-9-12-1-2-16-18(7-12)27-11-26-16)22-10-15-14-4-6-24-17(14)8-13-3-5-25-19(13)15/h1-2,7-8H,3-6,9-11H2,(H2,21,22,23). The largest absolute Gasteiger partial charge is 0.493 e. The summed E-state index contributed by atoms with van der Waals surface area (Å²) in [5, 5.41) is 5.82. The highest BCUT2D eigenvalue weighted by atomic mass is 16.7. The summed E-state index contributed by atoms with van der Waals surface area (Å²) in [5.41, 5.74) is 4.29. The first kappa shape index (κ1) is 16.1. The molecule has 0 aliphatic carbocycles. The third-order valence-electron chi connectivity index (χ3n) is 5.08. The molecule has 2 amide bonds. The van der Waals surface area contributed by atoms with Crippen LogP contribution in [0.3, 0.4) is 0 Å². The van der Waals surface area contributed by atoms with Gasteiger partial charge in [-0.05, 0) is 23.8 Å². The lowest BCUT2D eigenvalue weighted by Crippen LogP contribution is -2.34. The molecule has 7 heteroatoms. The molecule has 5 rings (SSSR count). The molecule has 2 aromatic carbocycles. The van der Waals surface area contributed by atoms with Crippen LogP contribution in [0.5, 0.6) is 23.0 Å². The monoisotopic (exact) mass is 368 g/mol. The average Bonchev–Trinajstić information content (AvgIpc) is 3.42. The Labute approximate surface area is 156 Å². The van der Waals surface area contributed by atoms with Crippen LogP contribution in [0.2, 0.25) is 0 Å². The smallest absolute Gasteiger partial charge is 0.315 e. The van der Waals surface area contributed by atoms with Gasteiger partial charge in [0.25, 0.3) is 0 Å². The first-order valence-electron chi connectivity index (χ1n) is 9.11. The van der Waals surface area contributed by atoms with Crippen LogP contribution < -0.4 is 29.6 Å². The van der Waals surface area contributed by atoms with E-state index in [2.05, 4.69) is 16.7 Å².